The molecule has 12 heavy (non-hydrogen) atoms. The lowest BCUT2D eigenvalue weighted by Gasteiger charge is -2.04. The van der Waals surface area contributed by atoms with E-state index in [0.29, 0.717) is 26.4 Å². The van der Waals surface area contributed by atoms with Crippen LogP contribution in [-0.2, 0) is 14.1 Å². The van der Waals surface area contributed by atoms with Gasteiger partial charge in [0.05, 0.1) is 26.4 Å². The van der Waals surface area contributed by atoms with Gasteiger partial charge in [-0.3, -0.25) is 0 Å². The maximum absolute atomic E-state index is 5.26. The van der Waals surface area contributed by atoms with E-state index >= 15 is 0 Å². The fourth-order valence-corrected chi connectivity index (χ4v) is 0.675. The zero-order valence-corrected chi connectivity index (χ0v) is 7.75. The van der Waals surface area contributed by atoms with E-state index in [-0.39, 0.29) is 0 Å². The first kappa shape index (κ1) is 11.9. The minimum absolute atomic E-state index is 0.439. The molecule has 0 aromatic carbocycles. The lowest BCUT2D eigenvalue weighted by molar-refractivity contribution is 0.0365. The third-order valence-electron chi connectivity index (χ3n) is 1.36. The first-order valence-electron chi connectivity index (χ1n) is 4.39. The average molecular weight is 172 g/mol. The molecule has 0 saturated heterocycles. The van der Waals surface area contributed by atoms with Crippen molar-refractivity contribution in [3.8, 4) is 0 Å². The highest BCUT2D eigenvalue weighted by Crippen LogP contribution is 1.87. The van der Waals surface area contributed by atoms with Crippen molar-refractivity contribution in [1.29, 1.82) is 0 Å². The second kappa shape index (κ2) is 10.9. The van der Waals surface area contributed by atoms with Crippen LogP contribution in [0.5, 0.6) is 0 Å². The SMILES string of the molecule is [B]OCCOCCOCCCC. The average Bonchev–Trinajstić information content (AvgIpc) is 2.10. The standard InChI is InChI=1S/C8H17BO3/c1-2-3-4-10-5-6-11-7-8-12-9/h2-8H2,1H3. The Balaban J connectivity index is 2.73. The van der Waals surface area contributed by atoms with Crippen molar-refractivity contribution in [2.75, 3.05) is 33.0 Å². The Kier molecular flexibility index (Phi) is 10.9. The van der Waals surface area contributed by atoms with Crippen LogP contribution in [0.4, 0.5) is 0 Å². The molecular formula is C8H17BO3. The number of hydrogen-bond acceptors (Lipinski definition) is 3. The van der Waals surface area contributed by atoms with Crippen LogP contribution >= 0.6 is 0 Å². The quantitative estimate of drug-likeness (QED) is 0.382. The second-order valence-corrected chi connectivity index (χ2v) is 2.45. The van der Waals surface area contributed by atoms with Crippen molar-refractivity contribution in [3.63, 3.8) is 0 Å². The van der Waals surface area contributed by atoms with Crippen molar-refractivity contribution in [2.45, 2.75) is 19.8 Å². The Bertz CT molecular complexity index is 70.7. The van der Waals surface area contributed by atoms with Gasteiger partial charge in [-0.15, -0.1) is 0 Å². The smallest absolute Gasteiger partial charge is 0.282 e. The molecule has 0 heterocycles. The molecule has 0 fully saturated rings. The summed E-state index contributed by atoms with van der Waals surface area (Å²) in [5.41, 5.74) is 0. The Morgan fingerprint density at radius 3 is 2.08 bits per heavy atom. The molecule has 0 aromatic rings. The fourth-order valence-electron chi connectivity index (χ4n) is 0.675. The molecule has 3 nitrogen and oxygen atoms in total. The van der Waals surface area contributed by atoms with Crippen molar-refractivity contribution in [2.24, 2.45) is 0 Å². The maximum atomic E-state index is 5.26. The van der Waals surface area contributed by atoms with Crippen LogP contribution < -0.4 is 0 Å². The third-order valence-corrected chi connectivity index (χ3v) is 1.36. The summed E-state index contributed by atoms with van der Waals surface area (Å²) in [5, 5.41) is 0. The summed E-state index contributed by atoms with van der Waals surface area (Å²) in [6, 6.07) is 0. The van der Waals surface area contributed by atoms with Gasteiger partial charge in [0, 0.05) is 6.61 Å². The van der Waals surface area contributed by atoms with E-state index in [1.807, 2.05) is 0 Å². The van der Waals surface area contributed by atoms with E-state index in [9.17, 15) is 0 Å². The lowest BCUT2D eigenvalue weighted by Crippen LogP contribution is -2.08. The molecule has 2 radical (unpaired) electrons. The zero-order valence-electron chi connectivity index (χ0n) is 7.75. The number of ether oxygens (including phenoxy) is 2. The molecule has 0 saturated carbocycles. The minimum Gasteiger partial charge on any atom is -0.445 e. The van der Waals surface area contributed by atoms with Gasteiger partial charge in [-0.1, -0.05) is 13.3 Å². The number of rotatable bonds is 9. The van der Waals surface area contributed by atoms with Gasteiger partial charge in [-0.25, -0.2) is 0 Å². The summed E-state index contributed by atoms with van der Waals surface area (Å²) < 4.78 is 14.7. The van der Waals surface area contributed by atoms with E-state index in [0.717, 1.165) is 13.0 Å². The molecule has 0 bridgehead atoms. The molecule has 0 unspecified atom stereocenters. The predicted octanol–water partition coefficient (Wildman–Crippen LogP) is 0.920. The van der Waals surface area contributed by atoms with Gasteiger partial charge in [0.15, 0.2) is 0 Å². The van der Waals surface area contributed by atoms with Gasteiger partial charge in [0.25, 0.3) is 8.05 Å². The molecular weight excluding hydrogens is 155 g/mol. The molecule has 0 N–H and O–H groups in total. The van der Waals surface area contributed by atoms with Gasteiger partial charge in [-0.05, 0) is 6.42 Å². The molecule has 4 heteroatoms. The second-order valence-electron chi connectivity index (χ2n) is 2.45. The minimum atomic E-state index is 0.439. The molecule has 0 aromatic heterocycles. The van der Waals surface area contributed by atoms with Crippen LogP contribution in [0.25, 0.3) is 0 Å². The summed E-state index contributed by atoms with van der Waals surface area (Å²) >= 11 is 0. The number of hydrogen-bond donors (Lipinski definition) is 0. The van der Waals surface area contributed by atoms with E-state index < -0.39 is 0 Å². The van der Waals surface area contributed by atoms with Gasteiger partial charge in [0.1, 0.15) is 0 Å². The highest BCUT2D eigenvalue weighted by atomic mass is 16.5. The maximum Gasteiger partial charge on any atom is 0.282 e. The van der Waals surface area contributed by atoms with Crippen molar-refractivity contribution in [3.05, 3.63) is 0 Å². The van der Waals surface area contributed by atoms with Gasteiger partial charge >= 0.3 is 0 Å². The first-order chi connectivity index (χ1) is 5.91. The summed E-state index contributed by atoms with van der Waals surface area (Å²) in [7, 11) is 4.80. The topological polar surface area (TPSA) is 27.7 Å². The van der Waals surface area contributed by atoms with E-state index in [2.05, 4.69) is 11.6 Å². The molecule has 0 atom stereocenters. The van der Waals surface area contributed by atoms with Crippen LogP contribution in [-0.4, -0.2) is 41.1 Å². The van der Waals surface area contributed by atoms with Crippen LogP contribution in [0.3, 0.4) is 0 Å². The van der Waals surface area contributed by atoms with Gasteiger partial charge in [0.2, 0.25) is 0 Å². The number of unbranched alkanes of at least 4 members (excludes halogenated alkanes) is 1. The van der Waals surface area contributed by atoms with Crippen LogP contribution in [0.15, 0.2) is 0 Å². The molecule has 0 aliphatic heterocycles. The third kappa shape index (κ3) is 9.94. The summed E-state index contributed by atoms with van der Waals surface area (Å²) in [5.74, 6) is 0. The predicted molar refractivity (Wildman–Crippen MR) is 48.3 cm³/mol. The molecule has 0 amide bonds. The Hall–Kier alpha value is -0.0551. The molecule has 0 aliphatic rings. The Labute approximate surface area is 75.8 Å². The summed E-state index contributed by atoms with van der Waals surface area (Å²) in [4.78, 5) is 0. The monoisotopic (exact) mass is 172 g/mol. The van der Waals surface area contributed by atoms with E-state index in [1.165, 1.54) is 6.42 Å². The highest BCUT2D eigenvalue weighted by Gasteiger charge is 1.88. The van der Waals surface area contributed by atoms with Crippen molar-refractivity contribution < 1.29 is 14.1 Å². The molecule has 70 valence electrons. The van der Waals surface area contributed by atoms with Crippen LogP contribution in [0, 0.1) is 0 Å². The fraction of sp³-hybridized carbons (Fsp3) is 1.00. The summed E-state index contributed by atoms with van der Waals surface area (Å²) in [6.07, 6.45) is 2.29. The van der Waals surface area contributed by atoms with Gasteiger partial charge in [-0.2, -0.15) is 0 Å². The highest BCUT2D eigenvalue weighted by molar-refractivity contribution is 5.97. The Morgan fingerprint density at radius 2 is 1.50 bits per heavy atom. The Morgan fingerprint density at radius 1 is 0.917 bits per heavy atom. The van der Waals surface area contributed by atoms with Crippen LogP contribution in [0.2, 0.25) is 0 Å². The first-order valence-corrected chi connectivity index (χ1v) is 4.39. The van der Waals surface area contributed by atoms with Crippen molar-refractivity contribution >= 4 is 8.05 Å². The normalized spacial score (nSPS) is 10.4. The molecule has 0 aliphatic carbocycles. The summed E-state index contributed by atoms with van der Waals surface area (Å²) in [6.45, 7) is 5.21. The molecule has 0 spiro atoms. The van der Waals surface area contributed by atoms with Gasteiger partial charge < -0.3 is 14.1 Å². The molecule has 0 rings (SSSR count). The largest absolute Gasteiger partial charge is 0.445 e. The van der Waals surface area contributed by atoms with Crippen LogP contribution in [0.1, 0.15) is 19.8 Å². The van der Waals surface area contributed by atoms with Crippen molar-refractivity contribution in [1.82, 2.24) is 0 Å². The van der Waals surface area contributed by atoms with E-state index in [1.54, 1.807) is 0 Å². The lowest BCUT2D eigenvalue weighted by atomic mass is 10.4. The van der Waals surface area contributed by atoms with E-state index in [4.69, 9.17) is 17.5 Å². The zero-order chi connectivity index (χ0) is 9.07.